The van der Waals surface area contributed by atoms with Crippen molar-refractivity contribution in [2.45, 2.75) is 146 Å². The number of carbonyl (C=O) groups excluding carboxylic acids is 9. The van der Waals surface area contributed by atoms with E-state index < -0.39 is 126 Å². The number of aliphatic carboxylic acids is 1. The van der Waals surface area contributed by atoms with E-state index in [2.05, 4.69) is 90.7 Å². The Bertz CT molecular complexity index is 2890. The van der Waals surface area contributed by atoms with Gasteiger partial charge in [0.15, 0.2) is 5.96 Å². The molecule has 0 aliphatic carbocycles. The average Bonchev–Trinajstić information content (AvgIpc) is 3.69. The van der Waals surface area contributed by atoms with Gasteiger partial charge in [0.25, 0.3) is 0 Å². The third-order valence-corrected chi connectivity index (χ3v) is 14.6. The lowest BCUT2D eigenvalue weighted by Gasteiger charge is -2.28. The molecule has 3 rings (SSSR count). The van der Waals surface area contributed by atoms with Gasteiger partial charge in [-0.1, -0.05) is 64.1 Å². The van der Waals surface area contributed by atoms with E-state index in [0.29, 0.717) is 23.1 Å². The van der Waals surface area contributed by atoms with Crippen molar-refractivity contribution in [2.75, 3.05) is 23.8 Å². The van der Waals surface area contributed by atoms with Crippen LogP contribution in [0.5, 0.6) is 17.2 Å². The number of benzene rings is 3. The molecule has 11 atom stereocenters. The van der Waals surface area contributed by atoms with Crippen LogP contribution in [0.2, 0.25) is 0 Å². The van der Waals surface area contributed by atoms with Gasteiger partial charge in [-0.3, -0.25) is 48.1 Å². The number of hydrogen-bond acceptors (Lipinski definition) is 19. The molecule has 0 heterocycles. The number of hydrogen-bond donors (Lipinski definition) is 20. The number of rotatable bonds is 37. The molecular formula is C58H85N13O15S3. The van der Waals surface area contributed by atoms with Crippen molar-refractivity contribution >= 4 is 103 Å². The molecule has 0 aliphatic heterocycles. The molecule has 31 heteroatoms. The molecule has 0 saturated carbocycles. The second kappa shape index (κ2) is 37.8. The number of aliphatic imine (C=N–C) groups is 1. The van der Waals surface area contributed by atoms with E-state index in [-0.39, 0.29) is 97.4 Å². The van der Waals surface area contributed by atoms with E-state index in [1.807, 2.05) is 0 Å². The summed E-state index contributed by atoms with van der Waals surface area (Å²) in [6.07, 6.45) is -1.71. The molecule has 0 bridgehead atoms. The molecule has 0 spiro atoms. The van der Waals surface area contributed by atoms with Gasteiger partial charge in [0.2, 0.25) is 53.2 Å². The van der Waals surface area contributed by atoms with Gasteiger partial charge in [-0.25, -0.2) is 4.79 Å². The Balaban J connectivity index is 1.91. The van der Waals surface area contributed by atoms with Crippen LogP contribution in [-0.4, -0.2) is 181 Å². The number of phenols is 3. The molecular weight excluding hydrogens is 1210 g/mol. The molecule has 3 aromatic carbocycles. The van der Waals surface area contributed by atoms with Crippen molar-refractivity contribution in [1.82, 2.24) is 47.9 Å². The number of nitrogens with zero attached hydrogens (tertiary/aromatic N) is 1. The number of phenolic OH excluding ortho intramolecular Hbond substituents is 3. The van der Waals surface area contributed by atoms with Gasteiger partial charge >= 0.3 is 5.97 Å². The van der Waals surface area contributed by atoms with Crippen molar-refractivity contribution in [3.63, 3.8) is 0 Å². The molecule has 0 fully saturated rings. The van der Waals surface area contributed by atoms with Gasteiger partial charge in [-0.15, -0.1) is 0 Å². The first-order valence-electron chi connectivity index (χ1n) is 28.6. The first-order chi connectivity index (χ1) is 41.9. The molecule has 0 aromatic heterocycles. The number of amides is 9. The third kappa shape index (κ3) is 26.7. The molecule has 28 nitrogen and oxygen atoms in total. The Morgan fingerprint density at radius 1 is 0.438 bits per heavy atom. The van der Waals surface area contributed by atoms with Crippen LogP contribution in [0.15, 0.2) is 77.8 Å². The first kappa shape index (κ1) is 75.3. The second-order valence-corrected chi connectivity index (χ2v) is 23.1. The number of carboxylic acid groups (broad SMARTS) is 1. The molecule has 89 heavy (non-hydrogen) atoms. The smallest absolute Gasteiger partial charge is 0.326 e. The molecule has 490 valence electrons. The highest BCUT2D eigenvalue weighted by Gasteiger charge is 2.37. The molecule has 0 unspecified atom stereocenters. The molecule has 20 N–H and O–H groups in total. The Kier molecular flexibility index (Phi) is 31.9. The second-order valence-electron chi connectivity index (χ2n) is 22.0. The number of thiol groups is 3. The van der Waals surface area contributed by atoms with E-state index >= 15 is 0 Å². The van der Waals surface area contributed by atoms with Crippen molar-refractivity contribution in [3.05, 3.63) is 89.5 Å². The number of nitrogens with two attached hydrogens (primary N) is 3. The average molecular weight is 1300 g/mol. The van der Waals surface area contributed by atoms with Crippen molar-refractivity contribution in [2.24, 2.45) is 34.0 Å². The fraction of sp³-hybridized carbons (Fsp3) is 0.500. The summed E-state index contributed by atoms with van der Waals surface area (Å²) in [5.41, 5.74) is 18.2. The molecule has 9 amide bonds. The van der Waals surface area contributed by atoms with E-state index in [0.717, 1.165) is 0 Å². The summed E-state index contributed by atoms with van der Waals surface area (Å²) in [6.45, 7) is 8.36. The minimum absolute atomic E-state index is 0.0200. The minimum atomic E-state index is -1.65. The zero-order valence-electron chi connectivity index (χ0n) is 50.1. The van der Waals surface area contributed by atoms with Gasteiger partial charge in [0, 0.05) is 43.1 Å². The first-order valence-corrected chi connectivity index (χ1v) is 30.5. The van der Waals surface area contributed by atoms with Crippen molar-refractivity contribution in [3.8, 4) is 17.2 Å². The number of carbonyl (C=O) groups is 10. The molecule has 0 saturated heterocycles. The lowest BCUT2D eigenvalue weighted by molar-refractivity contribution is -0.143. The van der Waals surface area contributed by atoms with Crippen LogP contribution in [-0.2, 0) is 67.2 Å². The van der Waals surface area contributed by atoms with E-state index in [4.69, 9.17) is 17.2 Å². The fourth-order valence-corrected chi connectivity index (χ4v) is 9.46. The van der Waals surface area contributed by atoms with Crippen LogP contribution in [0, 0.1) is 11.8 Å². The van der Waals surface area contributed by atoms with Gasteiger partial charge in [-0.2, -0.15) is 37.9 Å². The molecule has 3 aromatic rings. The molecule has 0 aliphatic rings. The predicted molar refractivity (Wildman–Crippen MR) is 340 cm³/mol. The molecule has 0 radical (unpaired) electrons. The number of carboxylic acids is 1. The van der Waals surface area contributed by atoms with E-state index in [1.165, 1.54) is 79.7 Å². The van der Waals surface area contributed by atoms with Gasteiger partial charge < -0.3 is 90.6 Å². The monoisotopic (exact) mass is 1300 g/mol. The summed E-state index contributed by atoms with van der Waals surface area (Å²) in [5.74, 6) is -11.5. The minimum Gasteiger partial charge on any atom is -0.508 e. The number of aliphatic hydroxyl groups is 1. The van der Waals surface area contributed by atoms with E-state index in [1.54, 1.807) is 27.7 Å². The highest BCUT2D eigenvalue weighted by Crippen LogP contribution is 2.17. The highest BCUT2D eigenvalue weighted by atomic mass is 32.1. The van der Waals surface area contributed by atoms with Crippen LogP contribution in [0.4, 0.5) is 0 Å². The Hall–Kier alpha value is -8.00. The van der Waals surface area contributed by atoms with Crippen LogP contribution >= 0.6 is 37.9 Å². The summed E-state index contributed by atoms with van der Waals surface area (Å²) >= 11 is 12.9. The summed E-state index contributed by atoms with van der Waals surface area (Å²) in [6, 6.07) is 2.59. The van der Waals surface area contributed by atoms with Crippen LogP contribution in [0.1, 0.15) is 77.0 Å². The summed E-state index contributed by atoms with van der Waals surface area (Å²) in [5, 5.41) is 73.0. The van der Waals surface area contributed by atoms with Crippen molar-refractivity contribution < 1.29 is 73.5 Å². The van der Waals surface area contributed by atoms with Crippen LogP contribution in [0.25, 0.3) is 0 Å². The number of guanidine groups is 1. The maximum absolute atomic E-state index is 14.6. The quantitative estimate of drug-likeness (QED) is 0.0128. The maximum Gasteiger partial charge on any atom is 0.326 e. The van der Waals surface area contributed by atoms with Gasteiger partial charge in [0.05, 0.1) is 12.1 Å². The Morgan fingerprint density at radius 3 is 1.04 bits per heavy atom. The lowest BCUT2D eigenvalue weighted by Crippen LogP contribution is -2.62. The normalized spacial score (nSPS) is 14.9. The lowest BCUT2D eigenvalue weighted by atomic mass is 10.0. The number of nitrogens with one attached hydrogen (secondary N) is 9. The zero-order valence-corrected chi connectivity index (χ0v) is 52.7. The summed E-state index contributed by atoms with van der Waals surface area (Å²) in [7, 11) is 0. The van der Waals surface area contributed by atoms with E-state index in [9.17, 15) is 73.5 Å². The number of aromatic hydroxyl groups is 3. The summed E-state index contributed by atoms with van der Waals surface area (Å²) < 4.78 is 0. The standard InChI is InChI=1S/C58H85N13O15S3/c1-29(2)21-39(52(80)71-47(31(5)72)56(84)67-43(57(85)86)22-30(3)4)64-53(81)44(26-87)68-51(79)42(25-34-12-18-37(75)19-13-34)65-49(77)41(24-33-10-16-36(74)17-11-33)66-54(82)45(27-88)70-55(83)46(28-89)69-50(78)40(23-32-8-14-35(73)15-9-32)63-48(76)38(59)7-6-20-62-58(60)61/h8-19,29-31,38-47,72-75,87-89H,6-7,20-28,59H2,1-5H3,(H,63,76)(H,64,81)(H,65,77)(H,66,82)(H,67,84)(H,68,79)(H,69,78)(H,70,83)(H,71,80)(H,85,86)(H4,60,61,62)/t31-,38+,39+,40+,41+,42+,43+,44+,45+,46+,47+/m1/s1. The van der Waals surface area contributed by atoms with Gasteiger partial charge in [0.1, 0.15) is 71.6 Å². The van der Waals surface area contributed by atoms with Crippen LogP contribution < -0.4 is 65.1 Å². The predicted octanol–water partition coefficient (Wildman–Crippen LogP) is -2.08. The Labute approximate surface area is 532 Å². The fourth-order valence-electron chi connectivity index (χ4n) is 8.69. The van der Waals surface area contributed by atoms with Gasteiger partial charge in [-0.05, 0) is 97.5 Å². The summed E-state index contributed by atoms with van der Waals surface area (Å²) in [4.78, 5) is 142. The maximum atomic E-state index is 14.6. The van der Waals surface area contributed by atoms with Crippen molar-refractivity contribution in [1.29, 1.82) is 0 Å². The third-order valence-electron chi connectivity index (χ3n) is 13.5. The number of aliphatic hydroxyl groups excluding tert-OH is 1. The topological polar surface area (TPSA) is 471 Å². The zero-order chi connectivity index (χ0) is 66.7. The Morgan fingerprint density at radius 2 is 0.730 bits per heavy atom. The highest BCUT2D eigenvalue weighted by molar-refractivity contribution is 7.80. The van der Waals surface area contributed by atoms with Crippen LogP contribution in [0.3, 0.4) is 0 Å². The SMILES string of the molecule is CC(C)C[C@H](NC(=O)[C@@H](NC(=O)[C@H](CC(C)C)NC(=O)[C@H](CS)NC(=O)[C@H](Cc1ccc(O)cc1)NC(=O)[C@H](Cc1ccc(O)cc1)NC(=O)[C@H](CS)NC(=O)[C@H](CS)NC(=O)[C@H](Cc1ccc(O)cc1)NC(=O)[C@@H](N)CCCN=C(N)N)[C@@H](C)O)C(=O)O. The largest absolute Gasteiger partial charge is 0.508 e.